The van der Waals surface area contributed by atoms with Crippen molar-refractivity contribution in [3.8, 4) is 11.8 Å². The molecule has 0 fully saturated rings. The van der Waals surface area contributed by atoms with Crippen molar-refractivity contribution >= 4 is 21.8 Å². The molecule has 2 rings (SSSR count). The Morgan fingerprint density at radius 1 is 1.38 bits per heavy atom. The molecule has 1 aromatic heterocycles. The number of nitrogens with zero attached hydrogens (tertiary/aromatic N) is 3. The first kappa shape index (κ1) is 18.0. The normalized spacial score (nSPS) is 11.4. The van der Waals surface area contributed by atoms with Crippen molar-refractivity contribution in [2.75, 3.05) is 6.54 Å². The van der Waals surface area contributed by atoms with Gasteiger partial charge < -0.3 is 9.64 Å². The maximum absolute atomic E-state index is 12.7. The summed E-state index contributed by atoms with van der Waals surface area (Å²) in [5.41, 5.74) is 0.916. The maximum Gasteiger partial charge on any atom is 0.263 e. The predicted molar refractivity (Wildman–Crippen MR) is 94.1 cm³/mol. The molecule has 0 saturated heterocycles. The minimum Gasteiger partial charge on any atom is -0.481 e. The molecule has 1 amide bonds. The number of pyridine rings is 1. The second-order valence-electron chi connectivity index (χ2n) is 5.24. The largest absolute Gasteiger partial charge is 0.481 e. The summed E-state index contributed by atoms with van der Waals surface area (Å²) in [5, 5.41) is 8.83. The van der Waals surface area contributed by atoms with Crippen LogP contribution >= 0.6 is 15.9 Å². The first-order chi connectivity index (χ1) is 11.6. The molecule has 0 aliphatic heterocycles. The Bertz CT molecular complexity index is 698. The standard InChI is InChI=1S/C18H18BrN3O2/c1-14(24-17-7-5-16(19)6-8-17)18(23)22(11-3-9-20)13-15-4-2-10-21-12-15/h2,4-8,10,12,14H,3,11,13H2,1H3. The predicted octanol–water partition coefficient (Wildman–Crippen LogP) is 3.55. The SMILES string of the molecule is CC(Oc1ccc(Br)cc1)C(=O)N(CCC#N)Cc1cccnc1. The molecule has 0 bridgehead atoms. The van der Waals surface area contributed by atoms with Gasteiger partial charge in [0.15, 0.2) is 6.10 Å². The highest BCUT2D eigenvalue weighted by atomic mass is 79.9. The number of hydrogen-bond acceptors (Lipinski definition) is 4. The summed E-state index contributed by atoms with van der Waals surface area (Å²) < 4.78 is 6.66. The first-order valence-corrected chi connectivity index (χ1v) is 8.36. The van der Waals surface area contributed by atoms with Crippen molar-refractivity contribution in [3.63, 3.8) is 0 Å². The van der Waals surface area contributed by atoms with E-state index in [2.05, 4.69) is 27.0 Å². The molecule has 124 valence electrons. The zero-order chi connectivity index (χ0) is 17.4. The highest BCUT2D eigenvalue weighted by Gasteiger charge is 2.22. The van der Waals surface area contributed by atoms with Gasteiger partial charge in [0.1, 0.15) is 5.75 Å². The highest BCUT2D eigenvalue weighted by Crippen LogP contribution is 2.18. The summed E-state index contributed by atoms with van der Waals surface area (Å²) in [6.45, 7) is 2.48. The smallest absolute Gasteiger partial charge is 0.263 e. The van der Waals surface area contributed by atoms with Crippen molar-refractivity contribution < 1.29 is 9.53 Å². The fourth-order valence-corrected chi connectivity index (χ4v) is 2.45. The third-order valence-electron chi connectivity index (χ3n) is 3.38. The molecule has 0 aliphatic carbocycles. The quantitative estimate of drug-likeness (QED) is 0.728. The number of benzene rings is 1. The Balaban J connectivity index is 2.05. The van der Waals surface area contributed by atoms with E-state index in [1.807, 2.05) is 24.3 Å². The van der Waals surface area contributed by atoms with Crippen molar-refractivity contribution in [1.29, 1.82) is 5.26 Å². The molecule has 1 heterocycles. The lowest BCUT2D eigenvalue weighted by Gasteiger charge is -2.25. The molecule has 0 spiro atoms. The summed E-state index contributed by atoms with van der Waals surface area (Å²) in [6.07, 6.45) is 3.04. The first-order valence-electron chi connectivity index (χ1n) is 7.57. The topological polar surface area (TPSA) is 66.2 Å². The van der Waals surface area contributed by atoms with E-state index in [9.17, 15) is 4.79 Å². The van der Waals surface area contributed by atoms with Gasteiger partial charge >= 0.3 is 0 Å². The van der Waals surface area contributed by atoms with Gasteiger partial charge in [-0.15, -0.1) is 0 Å². The van der Waals surface area contributed by atoms with Crippen molar-refractivity contribution in [1.82, 2.24) is 9.88 Å². The van der Waals surface area contributed by atoms with Crippen molar-refractivity contribution in [2.24, 2.45) is 0 Å². The van der Waals surface area contributed by atoms with Gasteiger partial charge in [-0.3, -0.25) is 9.78 Å². The molecule has 1 aromatic carbocycles. The fourth-order valence-electron chi connectivity index (χ4n) is 2.19. The molecule has 5 nitrogen and oxygen atoms in total. The molecular formula is C18H18BrN3O2. The van der Waals surface area contributed by atoms with Crippen LogP contribution in [0.15, 0.2) is 53.3 Å². The van der Waals surface area contributed by atoms with E-state index in [0.29, 0.717) is 18.8 Å². The number of carbonyl (C=O) groups excluding carboxylic acids is 1. The summed E-state index contributed by atoms with van der Waals surface area (Å²) >= 11 is 3.36. The monoisotopic (exact) mass is 387 g/mol. The number of hydrogen-bond donors (Lipinski definition) is 0. The van der Waals surface area contributed by atoms with Crippen LogP contribution in [-0.2, 0) is 11.3 Å². The Labute approximate surface area is 150 Å². The average Bonchev–Trinajstić information content (AvgIpc) is 2.60. The summed E-state index contributed by atoms with van der Waals surface area (Å²) in [6, 6.07) is 13.1. The van der Waals surface area contributed by atoms with Crippen molar-refractivity contribution in [2.45, 2.75) is 26.0 Å². The number of carbonyl (C=O) groups is 1. The molecule has 24 heavy (non-hydrogen) atoms. The van der Waals surface area contributed by atoms with Gasteiger partial charge in [-0.05, 0) is 42.8 Å². The van der Waals surface area contributed by atoms with Crippen LogP contribution in [0.5, 0.6) is 5.75 Å². The average molecular weight is 388 g/mol. The summed E-state index contributed by atoms with van der Waals surface area (Å²) in [4.78, 5) is 18.4. The van der Waals surface area contributed by atoms with Gasteiger partial charge in [0.05, 0.1) is 12.5 Å². The van der Waals surface area contributed by atoms with E-state index in [1.165, 1.54) is 0 Å². The molecule has 1 unspecified atom stereocenters. The van der Waals surface area contributed by atoms with Crippen LogP contribution < -0.4 is 4.74 Å². The Morgan fingerprint density at radius 3 is 2.75 bits per heavy atom. The van der Waals surface area contributed by atoms with Crippen LogP contribution in [-0.4, -0.2) is 28.4 Å². The fraction of sp³-hybridized carbons (Fsp3) is 0.278. The summed E-state index contributed by atoms with van der Waals surface area (Å²) in [5.74, 6) is 0.470. The number of ether oxygens (including phenoxy) is 1. The maximum atomic E-state index is 12.7. The Hall–Kier alpha value is -2.39. The van der Waals surface area contributed by atoms with Crippen molar-refractivity contribution in [3.05, 3.63) is 58.8 Å². The molecule has 0 saturated carbocycles. The minimum atomic E-state index is -0.637. The lowest BCUT2D eigenvalue weighted by Crippen LogP contribution is -2.40. The third-order valence-corrected chi connectivity index (χ3v) is 3.90. The minimum absolute atomic E-state index is 0.156. The van der Waals surface area contributed by atoms with Crippen LogP contribution in [0.3, 0.4) is 0 Å². The second-order valence-corrected chi connectivity index (χ2v) is 6.16. The number of amides is 1. The van der Waals surface area contributed by atoms with E-state index in [-0.39, 0.29) is 12.3 Å². The van der Waals surface area contributed by atoms with E-state index in [4.69, 9.17) is 10.00 Å². The summed E-state index contributed by atoms with van der Waals surface area (Å²) in [7, 11) is 0. The Kier molecular flexibility index (Phi) is 6.76. The van der Waals surface area contributed by atoms with Crippen LogP contribution in [0.2, 0.25) is 0 Å². The van der Waals surface area contributed by atoms with Gasteiger partial charge in [-0.2, -0.15) is 5.26 Å². The van der Waals surface area contributed by atoms with Gasteiger partial charge in [0, 0.05) is 30.0 Å². The number of halogens is 1. The molecule has 1 atom stereocenters. The van der Waals surface area contributed by atoms with Crippen LogP contribution in [0.1, 0.15) is 18.9 Å². The van der Waals surface area contributed by atoms with E-state index in [0.717, 1.165) is 10.0 Å². The lowest BCUT2D eigenvalue weighted by molar-refractivity contribution is -0.138. The molecule has 6 heteroatoms. The molecular weight excluding hydrogens is 370 g/mol. The highest BCUT2D eigenvalue weighted by molar-refractivity contribution is 9.10. The zero-order valence-electron chi connectivity index (χ0n) is 13.4. The second kappa shape index (κ2) is 9.04. The van der Waals surface area contributed by atoms with Crippen LogP contribution in [0, 0.1) is 11.3 Å². The van der Waals surface area contributed by atoms with Crippen LogP contribution in [0.25, 0.3) is 0 Å². The third kappa shape index (κ3) is 5.36. The number of nitriles is 1. The van der Waals surface area contributed by atoms with E-state index < -0.39 is 6.10 Å². The lowest BCUT2D eigenvalue weighted by atomic mass is 10.2. The van der Waals surface area contributed by atoms with Gasteiger partial charge in [0.2, 0.25) is 0 Å². The zero-order valence-corrected chi connectivity index (χ0v) is 14.9. The number of aromatic nitrogens is 1. The molecule has 0 aliphatic rings. The van der Waals surface area contributed by atoms with Gasteiger partial charge in [0.25, 0.3) is 5.91 Å². The number of rotatable bonds is 7. The molecule has 0 N–H and O–H groups in total. The van der Waals surface area contributed by atoms with E-state index in [1.54, 1.807) is 36.4 Å². The van der Waals surface area contributed by atoms with Crippen LogP contribution in [0.4, 0.5) is 0 Å². The van der Waals surface area contributed by atoms with Gasteiger partial charge in [-0.25, -0.2) is 0 Å². The Morgan fingerprint density at radius 2 is 2.12 bits per heavy atom. The molecule has 2 aromatic rings. The van der Waals surface area contributed by atoms with Gasteiger partial charge in [-0.1, -0.05) is 22.0 Å². The molecule has 0 radical (unpaired) electrons. The van der Waals surface area contributed by atoms with E-state index >= 15 is 0 Å².